The average molecular weight is 566 g/mol. The van der Waals surface area contributed by atoms with Crippen LogP contribution in [0.15, 0.2) is 103 Å². The van der Waals surface area contributed by atoms with Crippen molar-refractivity contribution in [3.8, 4) is 0 Å². The summed E-state index contributed by atoms with van der Waals surface area (Å²) in [4.78, 5) is 0. The van der Waals surface area contributed by atoms with Crippen molar-refractivity contribution in [1.29, 1.82) is 0 Å². The predicted octanol–water partition coefficient (Wildman–Crippen LogP) is -0.230. The Morgan fingerprint density at radius 3 is 1.73 bits per heavy atom. The monoisotopic (exact) mass is 563 g/mol. The molecular weight excluding hydrogens is 539 g/mol. The summed E-state index contributed by atoms with van der Waals surface area (Å²) in [6.07, 6.45) is 9.18. The molecule has 1 unspecified atom stereocenters. The molecule has 3 aromatic carbocycles. The van der Waals surface area contributed by atoms with Gasteiger partial charge in [0, 0.05) is 0 Å². The molecule has 0 radical (unpaired) electrons. The molecule has 0 saturated heterocycles. The Bertz CT molecular complexity index is 1200. The van der Waals surface area contributed by atoms with Gasteiger partial charge >= 0.3 is 198 Å². The van der Waals surface area contributed by atoms with Crippen LogP contribution in [0, 0.1) is 19.8 Å². The van der Waals surface area contributed by atoms with Gasteiger partial charge in [-0.15, -0.1) is 0 Å². The zero-order valence-electron chi connectivity index (χ0n) is 19.1. The molecule has 0 amide bonds. The number of hydrogen-bond acceptors (Lipinski definition) is 0. The SMILES string of the molecule is CC1=C(C2C=CC=C2)c2c(C)ccc(C)c2[CH]1[Zr+2]=[Si](c1ccccc1)c1ccccc1.[Cl-].[Cl-]. The predicted molar refractivity (Wildman–Crippen MR) is 131 cm³/mol. The Morgan fingerprint density at radius 1 is 0.667 bits per heavy atom. The first-order valence-electron chi connectivity index (χ1n) is 11.1. The molecule has 1 atom stereocenters. The molecule has 5 rings (SSSR count). The standard InChI is InChI=1S/C17H17.C12H10Si.2ClH.Zr/c1-11-8-9-12(2)17-15(11)10-13(3)16(17)14-6-4-5-7-14;1-3-7-11(8-4-1)13-12-9-5-2-6-10-12;;;/h4-10,14H,1-3H3;1-10H;2*1H;/q;;;;+2/p-2. The average Bonchev–Trinajstić information content (AvgIpc) is 3.42. The number of fused-ring (bicyclic) bond motifs is 1. The number of rotatable bonds is 4. The second-order valence-corrected chi connectivity index (χ2v) is 18.0. The third-order valence-electron chi connectivity index (χ3n) is 6.58. The minimum atomic E-state index is -0.821. The van der Waals surface area contributed by atoms with Gasteiger partial charge in [-0.1, -0.05) is 0 Å². The summed E-state index contributed by atoms with van der Waals surface area (Å²) in [6, 6.07) is 27.4. The molecule has 0 aromatic heterocycles. The Hall–Kier alpha value is -1.44. The van der Waals surface area contributed by atoms with Crippen LogP contribution in [0.3, 0.4) is 0 Å². The quantitative estimate of drug-likeness (QED) is 0.384. The first kappa shape index (κ1) is 26.2. The number of halogens is 2. The van der Waals surface area contributed by atoms with Crippen molar-refractivity contribution in [2.45, 2.75) is 24.4 Å². The fourth-order valence-corrected chi connectivity index (χ4v) is 18.4. The summed E-state index contributed by atoms with van der Waals surface area (Å²) in [6.45, 7) is 7.08. The van der Waals surface area contributed by atoms with Crippen LogP contribution in [0.5, 0.6) is 0 Å². The molecule has 0 fully saturated rings. The number of allylic oxidation sites excluding steroid dienone is 6. The van der Waals surface area contributed by atoms with E-state index in [1.807, 2.05) is 0 Å². The van der Waals surface area contributed by atoms with E-state index in [0.717, 1.165) is 0 Å². The minimum absolute atomic E-state index is 0. The van der Waals surface area contributed by atoms with Crippen LogP contribution >= 0.6 is 0 Å². The van der Waals surface area contributed by atoms with Crippen molar-refractivity contribution >= 4 is 21.4 Å². The second kappa shape index (κ2) is 11.3. The number of benzene rings is 3. The summed E-state index contributed by atoms with van der Waals surface area (Å²) in [5, 5.41) is 3.16. The van der Waals surface area contributed by atoms with Crippen molar-refractivity contribution < 1.29 is 46.7 Å². The topological polar surface area (TPSA) is 0 Å². The third kappa shape index (κ3) is 5.01. The number of hydrogen-bond donors (Lipinski definition) is 0. The molecule has 2 aliphatic carbocycles. The van der Waals surface area contributed by atoms with E-state index in [1.54, 1.807) is 32.6 Å². The summed E-state index contributed by atoms with van der Waals surface area (Å²) in [5.41, 5.74) is 8.65. The molecule has 0 heterocycles. The van der Waals surface area contributed by atoms with Crippen molar-refractivity contribution in [3.63, 3.8) is 0 Å². The molecule has 0 spiro atoms. The van der Waals surface area contributed by atoms with Gasteiger partial charge in [0.2, 0.25) is 0 Å². The van der Waals surface area contributed by atoms with Gasteiger partial charge in [-0.05, 0) is 0 Å². The van der Waals surface area contributed by atoms with E-state index >= 15 is 0 Å². The van der Waals surface area contributed by atoms with Crippen LogP contribution in [-0.4, -0.2) is 5.43 Å². The fourth-order valence-electron chi connectivity index (χ4n) is 5.05. The molecule has 0 N–H and O–H groups in total. The van der Waals surface area contributed by atoms with E-state index in [1.165, 1.54) is 11.1 Å². The molecule has 0 aliphatic heterocycles. The Morgan fingerprint density at radius 2 is 1.18 bits per heavy atom. The molecule has 33 heavy (non-hydrogen) atoms. The maximum Gasteiger partial charge on any atom is -1.00 e. The van der Waals surface area contributed by atoms with E-state index in [4.69, 9.17) is 0 Å². The van der Waals surface area contributed by atoms with Crippen molar-refractivity contribution in [3.05, 3.63) is 125 Å². The first-order valence-corrected chi connectivity index (χ1v) is 17.7. The van der Waals surface area contributed by atoms with Crippen molar-refractivity contribution in [2.24, 2.45) is 5.92 Å². The molecule has 0 saturated carbocycles. The van der Waals surface area contributed by atoms with E-state index in [0.29, 0.717) is 9.54 Å². The van der Waals surface area contributed by atoms with Gasteiger partial charge in [0.1, 0.15) is 0 Å². The maximum absolute atomic E-state index is 2.44. The Kier molecular flexibility index (Phi) is 8.98. The molecule has 165 valence electrons. The van der Waals surface area contributed by atoms with Gasteiger partial charge < -0.3 is 24.8 Å². The van der Waals surface area contributed by atoms with Gasteiger partial charge in [0.25, 0.3) is 0 Å². The van der Waals surface area contributed by atoms with Crippen LogP contribution in [0.25, 0.3) is 5.57 Å². The Balaban J connectivity index is 0.00000153. The maximum atomic E-state index is 2.44. The fraction of sp³-hybridized carbons (Fsp3) is 0.172. The van der Waals surface area contributed by atoms with Gasteiger partial charge in [-0.25, -0.2) is 0 Å². The molecular formula is C29H27Cl2SiZr. The van der Waals surface area contributed by atoms with Crippen molar-refractivity contribution in [1.82, 2.24) is 0 Å². The van der Waals surface area contributed by atoms with Gasteiger partial charge in [-0.2, -0.15) is 0 Å². The van der Waals surface area contributed by atoms with Crippen LogP contribution < -0.4 is 35.2 Å². The normalized spacial score (nSPS) is 16.2. The van der Waals surface area contributed by atoms with Gasteiger partial charge in [0.05, 0.1) is 0 Å². The summed E-state index contributed by atoms with van der Waals surface area (Å²) in [5.74, 6) is 0.438. The third-order valence-corrected chi connectivity index (χ3v) is 19.3. The van der Waals surface area contributed by atoms with E-state index < -0.39 is 27.3 Å². The zero-order valence-corrected chi connectivity index (χ0v) is 24.1. The van der Waals surface area contributed by atoms with Crippen LogP contribution in [0.4, 0.5) is 0 Å². The Labute approximate surface area is 221 Å². The smallest absolute Gasteiger partial charge is 1.00 e. The van der Waals surface area contributed by atoms with E-state index in [2.05, 4.69) is 118 Å². The van der Waals surface area contributed by atoms with Gasteiger partial charge in [0.15, 0.2) is 0 Å². The summed E-state index contributed by atoms with van der Waals surface area (Å²) < 4.78 is 0.658. The van der Waals surface area contributed by atoms with Gasteiger partial charge in [-0.3, -0.25) is 0 Å². The molecule has 2 aliphatic rings. The molecule has 3 aromatic rings. The molecule has 0 nitrogen and oxygen atoms in total. The van der Waals surface area contributed by atoms with Crippen LogP contribution in [0.1, 0.15) is 32.8 Å². The summed E-state index contributed by atoms with van der Waals surface area (Å²) >= 11 is -0.821. The largest absolute Gasteiger partial charge is 1.00 e. The van der Waals surface area contributed by atoms with Crippen LogP contribution in [0.2, 0.25) is 0 Å². The van der Waals surface area contributed by atoms with Crippen molar-refractivity contribution in [2.75, 3.05) is 0 Å². The molecule has 4 heteroatoms. The summed E-state index contributed by atoms with van der Waals surface area (Å²) in [7, 11) is 0. The van der Waals surface area contributed by atoms with E-state index in [9.17, 15) is 0 Å². The first-order chi connectivity index (χ1) is 15.1. The molecule has 0 bridgehead atoms. The minimum Gasteiger partial charge on any atom is -1.00 e. The zero-order chi connectivity index (χ0) is 21.4. The van der Waals surface area contributed by atoms with Crippen LogP contribution in [-0.2, 0) is 21.9 Å². The van der Waals surface area contributed by atoms with E-state index in [-0.39, 0.29) is 24.8 Å². The number of aryl methyl sites for hydroxylation is 2. The second-order valence-electron chi connectivity index (χ2n) is 8.56.